The highest BCUT2D eigenvalue weighted by atomic mass is 16.5. The van der Waals surface area contributed by atoms with Crippen molar-refractivity contribution in [2.24, 2.45) is 0 Å². The molecule has 6 heteroatoms. The van der Waals surface area contributed by atoms with Crippen molar-refractivity contribution in [3.05, 3.63) is 148 Å². The summed E-state index contributed by atoms with van der Waals surface area (Å²) >= 11 is 0. The summed E-state index contributed by atoms with van der Waals surface area (Å²) in [5, 5.41) is 0. The summed E-state index contributed by atoms with van der Waals surface area (Å²) in [6.45, 7) is 0. The van der Waals surface area contributed by atoms with E-state index < -0.39 is 11.1 Å². The molecule has 6 aromatic rings. The fourth-order valence-corrected chi connectivity index (χ4v) is 5.08. The topological polar surface area (TPSA) is 56.5 Å². The van der Waals surface area contributed by atoms with Gasteiger partial charge < -0.3 is 9.64 Å². The van der Waals surface area contributed by atoms with Crippen molar-refractivity contribution in [1.29, 1.82) is 0 Å². The molecule has 6 nitrogen and oxygen atoms in total. The van der Waals surface area contributed by atoms with Gasteiger partial charge in [0, 0.05) is 17.4 Å². The van der Waals surface area contributed by atoms with Gasteiger partial charge in [-0.3, -0.25) is 18.7 Å². The molecular formula is C32H21N3O3. The maximum atomic E-state index is 13.6. The van der Waals surface area contributed by atoms with Crippen LogP contribution in [0, 0.1) is 0 Å². The van der Waals surface area contributed by atoms with Crippen LogP contribution in [-0.2, 0) is 0 Å². The molecule has 0 saturated heterocycles. The predicted octanol–water partition coefficient (Wildman–Crippen LogP) is 6.72. The zero-order valence-corrected chi connectivity index (χ0v) is 20.2. The molecule has 1 aliphatic heterocycles. The second kappa shape index (κ2) is 8.64. The van der Waals surface area contributed by atoms with Crippen molar-refractivity contribution in [1.82, 2.24) is 9.13 Å². The Bertz CT molecular complexity index is 1940. The lowest BCUT2D eigenvalue weighted by atomic mass is 10.1. The van der Waals surface area contributed by atoms with Crippen molar-refractivity contribution >= 4 is 28.1 Å². The number of rotatable bonds is 3. The molecule has 0 spiro atoms. The summed E-state index contributed by atoms with van der Waals surface area (Å²) in [7, 11) is 0. The molecule has 0 bridgehead atoms. The Morgan fingerprint density at radius 3 is 1.66 bits per heavy atom. The fraction of sp³-hybridized carbons (Fsp3) is 0. The second-order valence-corrected chi connectivity index (χ2v) is 9.00. The van der Waals surface area contributed by atoms with Crippen LogP contribution in [0.5, 0.6) is 11.5 Å². The van der Waals surface area contributed by atoms with Crippen molar-refractivity contribution in [2.75, 3.05) is 4.90 Å². The van der Waals surface area contributed by atoms with Crippen molar-refractivity contribution < 1.29 is 4.74 Å². The molecular weight excluding hydrogens is 474 g/mol. The second-order valence-electron chi connectivity index (χ2n) is 9.00. The molecule has 1 aromatic heterocycles. The molecule has 0 saturated carbocycles. The third kappa shape index (κ3) is 3.35. The molecule has 0 aliphatic carbocycles. The summed E-state index contributed by atoms with van der Waals surface area (Å²) in [6, 6.07) is 40.1. The Balaban J connectivity index is 1.46. The van der Waals surface area contributed by atoms with Gasteiger partial charge in [0.1, 0.15) is 0 Å². The van der Waals surface area contributed by atoms with E-state index in [4.69, 9.17) is 4.74 Å². The summed E-state index contributed by atoms with van der Waals surface area (Å²) in [5.41, 5.74) is 3.95. The average molecular weight is 496 g/mol. The third-order valence-corrected chi connectivity index (χ3v) is 6.75. The fourth-order valence-electron chi connectivity index (χ4n) is 5.08. The minimum absolute atomic E-state index is 0.551. The first kappa shape index (κ1) is 21.9. The Morgan fingerprint density at radius 1 is 0.447 bits per heavy atom. The van der Waals surface area contributed by atoms with Crippen LogP contribution in [-0.4, -0.2) is 9.13 Å². The molecule has 0 unspecified atom stereocenters. The number of benzene rings is 5. The standard InChI is InChI=1S/C32H21N3O3/c36-31-32(37)35(26-16-8-7-15-25(26)34(31)23-13-5-2-6-14-23)24-19-20-28-30(21-24)38-29-18-10-9-17-27(29)33(28)22-11-3-1-4-12-22/h1-21H. The van der Waals surface area contributed by atoms with Crippen molar-refractivity contribution in [3.8, 4) is 22.9 Å². The Labute approximate surface area is 217 Å². The molecule has 38 heavy (non-hydrogen) atoms. The van der Waals surface area contributed by atoms with Crippen LogP contribution in [0.25, 0.3) is 22.4 Å². The van der Waals surface area contributed by atoms with Crippen molar-refractivity contribution in [2.45, 2.75) is 0 Å². The summed E-state index contributed by atoms with van der Waals surface area (Å²) in [5.74, 6) is 1.30. The minimum Gasteiger partial charge on any atom is -0.453 e. The van der Waals surface area contributed by atoms with E-state index in [2.05, 4.69) is 4.90 Å². The summed E-state index contributed by atoms with van der Waals surface area (Å²) < 4.78 is 9.26. The number of aromatic nitrogens is 2. The molecule has 0 fully saturated rings. The maximum absolute atomic E-state index is 13.6. The molecule has 5 aromatic carbocycles. The van der Waals surface area contributed by atoms with E-state index in [1.54, 1.807) is 0 Å². The monoisotopic (exact) mass is 495 g/mol. The van der Waals surface area contributed by atoms with E-state index in [-0.39, 0.29) is 0 Å². The molecule has 7 rings (SSSR count). The molecule has 0 amide bonds. The summed E-state index contributed by atoms with van der Waals surface area (Å²) in [4.78, 5) is 29.2. The molecule has 0 radical (unpaired) electrons. The van der Waals surface area contributed by atoms with E-state index in [1.165, 1.54) is 9.13 Å². The molecule has 2 heterocycles. The lowest BCUT2D eigenvalue weighted by Crippen LogP contribution is -2.40. The normalized spacial score (nSPS) is 12.1. The van der Waals surface area contributed by atoms with E-state index in [0.29, 0.717) is 33.9 Å². The van der Waals surface area contributed by atoms with Gasteiger partial charge in [0.05, 0.1) is 28.1 Å². The Kier molecular flexibility index (Phi) is 4.97. The van der Waals surface area contributed by atoms with E-state index in [0.717, 1.165) is 17.1 Å². The number of ether oxygens (including phenoxy) is 1. The minimum atomic E-state index is -0.636. The first-order valence-corrected chi connectivity index (χ1v) is 12.3. The highest BCUT2D eigenvalue weighted by Crippen LogP contribution is 2.50. The molecule has 0 atom stereocenters. The van der Waals surface area contributed by atoms with Gasteiger partial charge in [0.15, 0.2) is 11.5 Å². The van der Waals surface area contributed by atoms with Gasteiger partial charge in [-0.25, -0.2) is 0 Å². The maximum Gasteiger partial charge on any atom is 0.321 e. The Hall–Kier alpha value is -5.36. The van der Waals surface area contributed by atoms with Crippen LogP contribution in [0.2, 0.25) is 0 Å². The van der Waals surface area contributed by atoms with Crippen molar-refractivity contribution in [3.63, 3.8) is 0 Å². The lowest BCUT2D eigenvalue weighted by molar-refractivity contribution is 0.476. The van der Waals surface area contributed by atoms with Crippen LogP contribution >= 0.6 is 0 Å². The largest absolute Gasteiger partial charge is 0.453 e. The number of hydrogen-bond acceptors (Lipinski definition) is 4. The van der Waals surface area contributed by atoms with Gasteiger partial charge in [0.25, 0.3) is 0 Å². The number of para-hydroxylation sites is 6. The first-order valence-electron chi connectivity index (χ1n) is 12.3. The van der Waals surface area contributed by atoms with Gasteiger partial charge in [0.2, 0.25) is 0 Å². The van der Waals surface area contributed by atoms with E-state index in [9.17, 15) is 9.59 Å². The zero-order chi connectivity index (χ0) is 25.6. The van der Waals surface area contributed by atoms with Gasteiger partial charge >= 0.3 is 11.1 Å². The van der Waals surface area contributed by atoms with Crippen LogP contribution in [0.4, 0.5) is 17.1 Å². The highest BCUT2D eigenvalue weighted by Gasteiger charge is 2.26. The molecule has 0 N–H and O–H groups in total. The highest BCUT2D eigenvalue weighted by molar-refractivity contribution is 5.87. The average Bonchev–Trinajstić information content (AvgIpc) is 2.97. The van der Waals surface area contributed by atoms with Crippen LogP contribution < -0.4 is 20.8 Å². The van der Waals surface area contributed by atoms with Crippen LogP contribution in [0.15, 0.2) is 137 Å². The third-order valence-electron chi connectivity index (χ3n) is 6.75. The lowest BCUT2D eigenvalue weighted by Gasteiger charge is -2.33. The van der Waals surface area contributed by atoms with Crippen LogP contribution in [0.3, 0.4) is 0 Å². The van der Waals surface area contributed by atoms with E-state index >= 15 is 0 Å². The van der Waals surface area contributed by atoms with Gasteiger partial charge in [-0.2, -0.15) is 0 Å². The predicted molar refractivity (Wildman–Crippen MR) is 150 cm³/mol. The number of hydrogen-bond donors (Lipinski definition) is 0. The van der Waals surface area contributed by atoms with Gasteiger partial charge in [-0.15, -0.1) is 0 Å². The molecule has 182 valence electrons. The van der Waals surface area contributed by atoms with Crippen LogP contribution in [0.1, 0.15) is 0 Å². The quantitative estimate of drug-likeness (QED) is 0.256. The SMILES string of the molecule is O=c1c(=O)n(-c2ccc3c(c2)Oc2ccccc2N3c2ccccc2)c2ccccc2n1-c1ccccc1. The number of anilines is 3. The number of fused-ring (bicyclic) bond motifs is 3. The first-order chi connectivity index (χ1) is 18.7. The Morgan fingerprint density at radius 2 is 0.974 bits per heavy atom. The number of nitrogens with zero attached hydrogens (tertiary/aromatic N) is 3. The van der Waals surface area contributed by atoms with Gasteiger partial charge in [-0.05, 0) is 60.7 Å². The van der Waals surface area contributed by atoms with Gasteiger partial charge in [-0.1, -0.05) is 60.7 Å². The zero-order valence-electron chi connectivity index (χ0n) is 20.2. The van der Waals surface area contributed by atoms with E-state index in [1.807, 2.05) is 127 Å². The molecule has 1 aliphatic rings. The smallest absolute Gasteiger partial charge is 0.321 e. The summed E-state index contributed by atoms with van der Waals surface area (Å²) in [6.07, 6.45) is 0.